The van der Waals surface area contributed by atoms with Crippen LogP contribution in [0.2, 0.25) is 0 Å². The van der Waals surface area contributed by atoms with E-state index in [4.69, 9.17) is 4.42 Å². The van der Waals surface area contributed by atoms with E-state index in [2.05, 4.69) is 217 Å². The van der Waals surface area contributed by atoms with Crippen molar-refractivity contribution in [3.63, 3.8) is 0 Å². The Labute approximate surface area is 374 Å². The van der Waals surface area contributed by atoms with Crippen LogP contribution in [0.4, 0.5) is 17.1 Å². The zero-order chi connectivity index (χ0) is 42.4. The molecule has 0 unspecified atom stereocenters. The predicted molar refractivity (Wildman–Crippen MR) is 271 cm³/mol. The molecule has 1 aliphatic carbocycles. The minimum atomic E-state index is 0.563. The smallest absolute Gasteiger partial charge is 0.143 e. The first-order chi connectivity index (χ1) is 31.8. The molecule has 306 valence electrons. The van der Waals surface area contributed by atoms with Crippen molar-refractivity contribution in [3.8, 4) is 44.5 Å². The molecular formula is C62H47NO. The molecule has 1 aromatic heterocycles. The lowest BCUT2D eigenvalue weighted by Crippen LogP contribution is -2.13. The monoisotopic (exact) mass is 821 g/mol. The third-order valence-electron chi connectivity index (χ3n) is 13.7. The molecule has 0 radical (unpaired) electrons. The van der Waals surface area contributed by atoms with Crippen LogP contribution in [0.5, 0.6) is 0 Å². The summed E-state index contributed by atoms with van der Waals surface area (Å²) < 4.78 is 6.55. The molecule has 0 N–H and O–H groups in total. The summed E-state index contributed by atoms with van der Waals surface area (Å²) in [6.45, 7) is 0. The standard InChI is InChI=1S/C62H47NO/c1-3-17-43(18-4-1)51-40-37-47(50-28-13-22-42-21-7-8-25-49(42)50)41-59(51)63(48-38-35-45(36-39-48)53-30-16-32-57-55-27-10-12-34-60(55)64-62(53)57)58-33-11-9-26-54(58)56-31-15-24-46-23-14-29-52(61(46)56)44-19-5-2-6-20-44/h1,3-4,7-18,21-41,44H,2,5-6,19-20H2. The van der Waals surface area contributed by atoms with Crippen molar-refractivity contribution in [2.24, 2.45) is 0 Å². The first-order valence-electron chi connectivity index (χ1n) is 22.9. The Bertz CT molecular complexity index is 3470. The van der Waals surface area contributed by atoms with E-state index in [9.17, 15) is 0 Å². The van der Waals surface area contributed by atoms with Crippen LogP contribution in [0.1, 0.15) is 43.6 Å². The Morgan fingerprint density at radius 1 is 0.375 bits per heavy atom. The van der Waals surface area contributed by atoms with Crippen LogP contribution in [-0.2, 0) is 0 Å². The van der Waals surface area contributed by atoms with Crippen molar-refractivity contribution in [2.75, 3.05) is 4.90 Å². The molecule has 0 amide bonds. The molecule has 0 atom stereocenters. The summed E-state index contributed by atoms with van der Waals surface area (Å²) in [5, 5.41) is 7.42. The molecule has 64 heavy (non-hydrogen) atoms. The fourth-order valence-electron chi connectivity index (χ4n) is 10.6. The molecular weight excluding hydrogens is 775 g/mol. The number of hydrogen-bond donors (Lipinski definition) is 0. The Kier molecular flexibility index (Phi) is 9.64. The molecule has 1 fully saturated rings. The van der Waals surface area contributed by atoms with Gasteiger partial charge in [0.05, 0.1) is 11.4 Å². The summed E-state index contributed by atoms with van der Waals surface area (Å²) in [6.07, 6.45) is 6.42. The van der Waals surface area contributed by atoms with Gasteiger partial charge < -0.3 is 9.32 Å². The average Bonchev–Trinajstić information content (AvgIpc) is 3.76. The van der Waals surface area contributed by atoms with E-state index in [1.807, 2.05) is 6.07 Å². The van der Waals surface area contributed by atoms with Crippen LogP contribution >= 0.6 is 0 Å². The molecule has 2 heteroatoms. The highest BCUT2D eigenvalue weighted by molar-refractivity contribution is 6.10. The van der Waals surface area contributed by atoms with Gasteiger partial charge in [0.25, 0.3) is 0 Å². The maximum Gasteiger partial charge on any atom is 0.143 e. The zero-order valence-corrected chi connectivity index (χ0v) is 35.8. The van der Waals surface area contributed by atoms with Crippen molar-refractivity contribution in [1.82, 2.24) is 0 Å². The van der Waals surface area contributed by atoms with Crippen molar-refractivity contribution >= 4 is 60.5 Å². The number of anilines is 3. The van der Waals surface area contributed by atoms with Crippen LogP contribution in [0, 0.1) is 0 Å². The van der Waals surface area contributed by atoms with E-state index in [0.717, 1.165) is 55.7 Å². The van der Waals surface area contributed by atoms with Crippen LogP contribution in [-0.4, -0.2) is 0 Å². The van der Waals surface area contributed by atoms with Crippen LogP contribution in [0.15, 0.2) is 223 Å². The summed E-state index contributed by atoms with van der Waals surface area (Å²) in [5.74, 6) is 0.563. The zero-order valence-electron chi connectivity index (χ0n) is 35.8. The predicted octanol–water partition coefficient (Wildman–Crippen LogP) is 18.1. The lowest BCUT2D eigenvalue weighted by Gasteiger charge is -2.31. The molecule has 1 heterocycles. The largest absolute Gasteiger partial charge is 0.455 e. The Morgan fingerprint density at radius 3 is 1.84 bits per heavy atom. The summed E-state index contributed by atoms with van der Waals surface area (Å²) in [6, 6.07) is 80.2. The lowest BCUT2D eigenvalue weighted by molar-refractivity contribution is 0.445. The van der Waals surface area contributed by atoms with Crippen LogP contribution in [0.25, 0.3) is 88.0 Å². The number of nitrogens with zero attached hydrogens (tertiary/aromatic N) is 1. The fourth-order valence-corrected chi connectivity index (χ4v) is 10.6. The van der Waals surface area contributed by atoms with Gasteiger partial charge in [0, 0.05) is 33.2 Å². The molecule has 1 aliphatic rings. The molecule has 11 aromatic rings. The van der Waals surface area contributed by atoms with Crippen LogP contribution < -0.4 is 4.90 Å². The van der Waals surface area contributed by atoms with Crippen LogP contribution in [0.3, 0.4) is 0 Å². The van der Waals surface area contributed by atoms with Crippen molar-refractivity contribution in [2.45, 2.75) is 38.0 Å². The number of benzene rings is 10. The van der Waals surface area contributed by atoms with Gasteiger partial charge in [-0.05, 0) is 104 Å². The Hall–Kier alpha value is -7.68. The van der Waals surface area contributed by atoms with E-state index >= 15 is 0 Å². The average molecular weight is 822 g/mol. The van der Waals surface area contributed by atoms with E-state index in [-0.39, 0.29) is 0 Å². The highest BCUT2D eigenvalue weighted by Crippen LogP contribution is 2.49. The third kappa shape index (κ3) is 6.66. The first-order valence-corrected chi connectivity index (χ1v) is 22.9. The summed E-state index contributed by atoms with van der Waals surface area (Å²) in [5.41, 5.74) is 16.0. The first kappa shape index (κ1) is 38.0. The second kappa shape index (κ2) is 16.2. The van der Waals surface area contributed by atoms with E-state index < -0.39 is 0 Å². The highest BCUT2D eigenvalue weighted by atomic mass is 16.3. The number of furan rings is 1. The minimum Gasteiger partial charge on any atom is -0.455 e. The fraction of sp³-hybridized carbons (Fsp3) is 0.0968. The van der Waals surface area contributed by atoms with Gasteiger partial charge in [0.1, 0.15) is 11.2 Å². The van der Waals surface area contributed by atoms with Gasteiger partial charge in [0.2, 0.25) is 0 Å². The maximum atomic E-state index is 6.55. The molecule has 0 saturated heterocycles. The quantitative estimate of drug-likeness (QED) is 0.152. The Balaban J connectivity index is 1.11. The molecule has 0 bridgehead atoms. The van der Waals surface area contributed by atoms with Gasteiger partial charge >= 0.3 is 0 Å². The van der Waals surface area contributed by atoms with E-state index in [1.165, 1.54) is 87.0 Å². The Morgan fingerprint density at radius 2 is 0.984 bits per heavy atom. The summed E-state index contributed by atoms with van der Waals surface area (Å²) in [4.78, 5) is 2.51. The van der Waals surface area contributed by atoms with Crippen molar-refractivity contribution in [1.29, 1.82) is 0 Å². The van der Waals surface area contributed by atoms with Gasteiger partial charge in [-0.3, -0.25) is 0 Å². The minimum absolute atomic E-state index is 0.563. The number of hydrogen-bond acceptors (Lipinski definition) is 2. The number of para-hydroxylation sites is 3. The second-order valence-electron chi connectivity index (χ2n) is 17.4. The second-order valence-corrected chi connectivity index (χ2v) is 17.4. The maximum absolute atomic E-state index is 6.55. The topological polar surface area (TPSA) is 16.4 Å². The molecule has 1 saturated carbocycles. The van der Waals surface area contributed by atoms with Gasteiger partial charge in [-0.2, -0.15) is 0 Å². The number of rotatable bonds is 8. The molecule has 2 nitrogen and oxygen atoms in total. The van der Waals surface area contributed by atoms with Gasteiger partial charge in [-0.15, -0.1) is 0 Å². The van der Waals surface area contributed by atoms with Gasteiger partial charge in [0.15, 0.2) is 0 Å². The van der Waals surface area contributed by atoms with Gasteiger partial charge in [-0.1, -0.05) is 207 Å². The molecule has 12 rings (SSSR count). The van der Waals surface area contributed by atoms with Crippen molar-refractivity contribution < 1.29 is 4.42 Å². The molecule has 0 aliphatic heterocycles. The SMILES string of the molecule is c1ccc(-c2ccc(-c3cccc4ccccc34)cc2N(c2ccc(-c3cccc4c3oc3ccccc34)cc2)c2ccccc2-c2cccc3cccc(C4CCCCC4)c23)cc1. The number of fused-ring (bicyclic) bond motifs is 5. The van der Waals surface area contributed by atoms with E-state index in [1.54, 1.807) is 0 Å². The van der Waals surface area contributed by atoms with Gasteiger partial charge in [-0.25, -0.2) is 0 Å². The summed E-state index contributed by atoms with van der Waals surface area (Å²) >= 11 is 0. The summed E-state index contributed by atoms with van der Waals surface area (Å²) in [7, 11) is 0. The molecule has 0 spiro atoms. The normalized spacial score (nSPS) is 13.2. The van der Waals surface area contributed by atoms with E-state index in [0.29, 0.717) is 5.92 Å². The third-order valence-corrected chi connectivity index (χ3v) is 13.7. The highest BCUT2D eigenvalue weighted by Gasteiger charge is 2.25. The lowest BCUT2D eigenvalue weighted by atomic mass is 9.80. The van der Waals surface area contributed by atoms with Crippen molar-refractivity contribution in [3.05, 3.63) is 224 Å². The molecule has 10 aromatic carbocycles.